The van der Waals surface area contributed by atoms with E-state index in [1.54, 1.807) is 66.5 Å². The predicted octanol–water partition coefficient (Wildman–Crippen LogP) is 2.63. The maximum absolute atomic E-state index is 14.6. The van der Waals surface area contributed by atoms with E-state index in [1.165, 1.54) is 6.07 Å². The van der Waals surface area contributed by atoms with E-state index >= 15 is 0 Å². The van der Waals surface area contributed by atoms with E-state index in [2.05, 4.69) is 14.7 Å². The van der Waals surface area contributed by atoms with Gasteiger partial charge in [0.2, 0.25) is 5.91 Å². The molecule has 3 aromatic rings. The molecule has 2 aromatic carbocycles. The number of carbonyl (C=O) groups is 1. The van der Waals surface area contributed by atoms with Gasteiger partial charge in [-0.1, -0.05) is 30.3 Å². The van der Waals surface area contributed by atoms with Crippen LogP contribution in [0.2, 0.25) is 0 Å². The van der Waals surface area contributed by atoms with E-state index in [0.717, 1.165) is 0 Å². The molecule has 1 fully saturated rings. The lowest BCUT2D eigenvalue weighted by atomic mass is 9.94. The highest BCUT2D eigenvalue weighted by atomic mass is 32.2. The van der Waals surface area contributed by atoms with Gasteiger partial charge in [0.15, 0.2) is 5.84 Å². The molecular formula is C24H24FN5O3S. The fourth-order valence-corrected chi connectivity index (χ4v) is 5.80. The van der Waals surface area contributed by atoms with Crippen LogP contribution in [0.1, 0.15) is 35.8 Å². The van der Waals surface area contributed by atoms with Crippen molar-refractivity contribution in [2.24, 2.45) is 17.4 Å². The molecule has 0 spiro atoms. The highest BCUT2D eigenvalue weighted by Gasteiger charge is 2.35. The Kier molecular flexibility index (Phi) is 5.68. The van der Waals surface area contributed by atoms with E-state index in [-0.39, 0.29) is 16.7 Å². The molecule has 1 amide bonds. The minimum absolute atomic E-state index is 0.183. The number of aromatic nitrogens is 2. The van der Waals surface area contributed by atoms with Crippen molar-refractivity contribution in [1.82, 2.24) is 19.8 Å². The Bertz CT molecular complexity index is 1380. The van der Waals surface area contributed by atoms with Gasteiger partial charge in [0.25, 0.3) is 10.0 Å². The fraction of sp³-hybridized carbons (Fsp3) is 0.292. The third-order valence-corrected chi connectivity index (χ3v) is 7.72. The molecule has 1 saturated heterocycles. The summed E-state index contributed by atoms with van der Waals surface area (Å²) in [6.45, 7) is 0.987. The van der Waals surface area contributed by atoms with Crippen LogP contribution < -0.4 is 5.32 Å². The second-order valence-electron chi connectivity index (χ2n) is 8.51. The Morgan fingerprint density at radius 2 is 1.82 bits per heavy atom. The molecule has 0 aliphatic carbocycles. The maximum atomic E-state index is 14.6. The highest BCUT2D eigenvalue weighted by Crippen LogP contribution is 2.30. The summed E-state index contributed by atoms with van der Waals surface area (Å²) in [5, 5.41) is 2.99. The Labute approximate surface area is 197 Å². The number of likely N-dealkylation sites (tertiary alicyclic amines) is 1. The van der Waals surface area contributed by atoms with E-state index in [1.807, 2.05) is 4.90 Å². The molecule has 10 heteroatoms. The normalized spacial score (nSPS) is 18.3. The third-order valence-electron chi connectivity index (χ3n) is 6.40. The van der Waals surface area contributed by atoms with Gasteiger partial charge in [0.05, 0.1) is 0 Å². The molecule has 176 valence electrons. The molecule has 3 heterocycles. The first-order valence-electron chi connectivity index (χ1n) is 11.1. The summed E-state index contributed by atoms with van der Waals surface area (Å²) < 4.78 is 45.1. The second kappa shape index (κ2) is 8.68. The fourth-order valence-electron chi connectivity index (χ4n) is 4.58. The number of benzene rings is 2. The van der Waals surface area contributed by atoms with E-state index in [0.29, 0.717) is 48.7 Å². The molecule has 1 aromatic heterocycles. The molecule has 34 heavy (non-hydrogen) atoms. The smallest absolute Gasteiger partial charge is 0.285 e. The molecule has 2 aliphatic heterocycles. The van der Waals surface area contributed by atoms with Crippen molar-refractivity contribution >= 4 is 21.8 Å². The number of piperidine rings is 1. The SMILES string of the molecule is Cn1ccnc1[C@H](NC(=O)C1CCN(C2=NS(=O)(=O)c3ccccc32)CC1)c1ccccc1F. The zero-order valence-corrected chi connectivity index (χ0v) is 19.4. The van der Waals surface area contributed by atoms with Crippen LogP contribution in [0.15, 0.2) is 70.2 Å². The number of hydrogen-bond acceptors (Lipinski definition) is 5. The minimum Gasteiger partial charge on any atom is -0.355 e. The molecule has 0 saturated carbocycles. The first-order valence-corrected chi connectivity index (χ1v) is 12.5. The lowest BCUT2D eigenvalue weighted by Crippen LogP contribution is -2.44. The zero-order chi connectivity index (χ0) is 23.9. The average molecular weight is 482 g/mol. The minimum atomic E-state index is -3.69. The summed E-state index contributed by atoms with van der Waals surface area (Å²) in [6.07, 6.45) is 4.42. The Balaban J connectivity index is 1.31. The Hall–Kier alpha value is -3.53. The van der Waals surface area contributed by atoms with Gasteiger partial charge >= 0.3 is 0 Å². The van der Waals surface area contributed by atoms with Crippen LogP contribution in [0.25, 0.3) is 0 Å². The number of nitrogens with zero attached hydrogens (tertiary/aromatic N) is 4. The van der Waals surface area contributed by atoms with Crippen molar-refractivity contribution in [2.45, 2.75) is 23.8 Å². The van der Waals surface area contributed by atoms with Crippen LogP contribution in [0.5, 0.6) is 0 Å². The van der Waals surface area contributed by atoms with Gasteiger partial charge in [-0.05, 0) is 31.0 Å². The number of sulfonamides is 1. The summed E-state index contributed by atoms with van der Waals surface area (Å²) in [5.74, 6) is 0.0892. The molecule has 1 N–H and O–H groups in total. The van der Waals surface area contributed by atoms with Gasteiger partial charge in [-0.2, -0.15) is 8.42 Å². The number of amides is 1. The quantitative estimate of drug-likeness (QED) is 0.618. The molecular weight excluding hydrogens is 457 g/mol. The summed E-state index contributed by atoms with van der Waals surface area (Å²) in [4.78, 5) is 19.7. The summed E-state index contributed by atoms with van der Waals surface area (Å²) in [5.41, 5.74) is 0.949. The van der Waals surface area contributed by atoms with E-state index in [4.69, 9.17) is 0 Å². The highest BCUT2D eigenvalue weighted by molar-refractivity contribution is 7.90. The zero-order valence-electron chi connectivity index (χ0n) is 18.6. The van der Waals surface area contributed by atoms with Gasteiger partial charge in [-0.25, -0.2) is 9.37 Å². The number of nitrogens with one attached hydrogen (secondary N) is 1. The van der Waals surface area contributed by atoms with Crippen molar-refractivity contribution in [3.8, 4) is 0 Å². The molecule has 1 atom stereocenters. The largest absolute Gasteiger partial charge is 0.355 e. The van der Waals surface area contributed by atoms with Crippen molar-refractivity contribution in [2.75, 3.05) is 13.1 Å². The number of amidine groups is 1. The van der Waals surface area contributed by atoms with Gasteiger partial charge < -0.3 is 14.8 Å². The van der Waals surface area contributed by atoms with Gasteiger partial charge in [-0.15, -0.1) is 4.40 Å². The first kappa shape index (κ1) is 22.3. The Morgan fingerprint density at radius 1 is 1.12 bits per heavy atom. The van der Waals surface area contributed by atoms with Gasteiger partial charge in [0.1, 0.15) is 22.6 Å². The third kappa shape index (κ3) is 3.98. The summed E-state index contributed by atoms with van der Waals surface area (Å²) >= 11 is 0. The number of carbonyl (C=O) groups excluding carboxylic acids is 1. The first-order chi connectivity index (χ1) is 16.3. The van der Waals surface area contributed by atoms with Gasteiger partial charge in [0, 0.05) is 49.6 Å². The number of rotatable bonds is 4. The number of imidazole rings is 1. The van der Waals surface area contributed by atoms with Crippen molar-refractivity contribution < 1.29 is 17.6 Å². The van der Waals surface area contributed by atoms with Crippen molar-refractivity contribution in [3.63, 3.8) is 0 Å². The topological polar surface area (TPSA) is 96.7 Å². The standard InChI is InChI=1S/C24H24FN5O3S/c1-29-15-12-26-23(29)21(17-6-2-4-8-19(17)25)27-24(31)16-10-13-30(14-11-16)22-18-7-3-5-9-20(18)34(32,33)28-22/h2-9,12,15-16,21H,10-11,13-14H2,1H3,(H,27,31)/t21-/m1/s1. The molecule has 0 radical (unpaired) electrons. The molecule has 0 bridgehead atoms. The number of hydrogen-bond donors (Lipinski definition) is 1. The van der Waals surface area contributed by atoms with Crippen LogP contribution in [-0.2, 0) is 21.9 Å². The number of fused-ring (bicyclic) bond motifs is 1. The molecule has 2 aliphatic rings. The second-order valence-corrected chi connectivity index (χ2v) is 10.1. The molecule has 8 nitrogen and oxygen atoms in total. The van der Waals surface area contributed by atoms with Crippen molar-refractivity contribution in [3.05, 3.63) is 83.7 Å². The average Bonchev–Trinajstić information content (AvgIpc) is 3.38. The van der Waals surface area contributed by atoms with Crippen LogP contribution >= 0.6 is 0 Å². The number of aryl methyl sites for hydroxylation is 1. The number of halogens is 1. The predicted molar refractivity (Wildman–Crippen MR) is 124 cm³/mol. The summed E-state index contributed by atoms with van der Waals surface area (Å²) in [7, 11) is -1.89. The van der Waals surface area contributed by atoms with Crippen molar-refractivity contribution in [1.29, 1.82) is 0 Å². The molecule has 0 unspecified atom stereocenters. The lowest BCUT2D eigenvalue weighted by Gasteiger charge is -2.33. The van der Waals surface area contributed by atoms with E-state index < -0.39 is 21.9 Å². The van der Waals surface area contributed by atoms with E-state index in [9.17, 15) is 17.6 Å². The van der Waals surface area contributed by atoms with Crippen LogP contribution in [0.4, 0.5) is 4.39 Å². The van der Waals surface area contributed by atoms with Gasteiger partial charge in [-0.3, -0.25) is 4.79 Å². The molecule has 5 rings (SSSR count). The van der Waals surface area contributed by atoms with Crippen LogP contribution in [-0.4, -0.2) is 47.7 Å². The van der Waals surface area contributed by atoms with Crippen LogP contribution in [0, 0.1) is 11.7 Å². The monoisotopic (exact) mass is 481 g/mol. The summed E-state index contributed by atoms with van der Waals surface area (Å²) in [6, 6.07) is 12.4. The Morgan fingerprint density at radius 3 is 2.53 bits per heavy atom. The lowest BCUT2D eigenvalue weighted by molar-refractivity contribution is -0.126. The maximum Gasteiger partial charge on any atom is 0.285 e. The van der Waals surface area contributed by atoms with Crippen LogP contribution in [0.3, 0.4) is 0 Å².